The molecule has 0 aliphatic carbocycles. The van der Waals surface area contributed by atoms with Crippen LogP contribution in [0.5, 0.6) is 0 Å². The van der Waals surface area contributed by atoms with Crippen molar-refractivity contribution in [2.75, 3.05) is 13.1 Å². The van der Waals surface area contributed by atoms with Crippen molar-refractivity contribution in [3.05, 3.63) is 93.9 Å². The number of benzene rings is 2. The van der Waals surface area contributed by atoms with E-state index in [2.05, 4.69) is 15.3 Å². The lowest BCUT2D eigenvalue weighted by atomic mass is 9.82. The molecule has 1 fully saturated rings. The fourth-order valence-electron chi connectivity index (χ4n) is 5.17. The van der Waals surface area contributed by atoms with Crippen LogP contribution in [-0.2, 0) is 16.9 Å². The third-order valence-electron chi connectivity index (χ3n) is 6.81. The number of ether oxygens (including phenoxy) is 1. The number of hydrogen-bond acceptors (Lipinski definition) is 6. The molecule has 35 heavy (non-hydrogen) atoms. The summed E-state index contributed by atoms with van der Waals surface area (Å²) in [5.41, 5.74) is 1.18. The molecule has 0 bridgehead atoms. The first kappa shape index (κ1) is 21.9. The average molecular weight is 491 g/mol. The normalized spacial score (nSPS) is 16.5. The van der Waals surface area contributed by atoms with Crippen LogP contribution in [0.25, 0.3) is 10.9 Å². The van der Waals surface area contributed by atoms with E-state index in [4.69, 9.17) is 16.3 Å². The van der Waals surface area contributed by atoms with Crippen molar-refractivity contribution in [1.82, 2.24) is 19.9 Å². The van der Waals surface area contributed by atoms with Gasteiger partial charge in [-0.15, -0.1) is 0 Å². The van der Waals surface area contributed by atoms with Crippen molar-refractivity contribution >= 4 is 34.3 Å². The molecule has 1 saturated heterocycles. The summed E-state index contributed by atoms with van der Waals surface area (Å²) in [7, 11) is 0. The van der Waals surface area contributed by atoms with E-state index in [0.717, 1.165) is 0 Å². The maximum Gasteiger partial charge on any atom is 0.340 e. The maximum atomic E-state index is 15.2. The molecule has 4 aromatic rings. The Kier molecular flexibility index (Phi) is 5.16. The number of nitrogens with one attached hydrogen (secondary N) is 1. The predicted molar refractivity (Wildman–Crippen MR) is 127 cm³/mol. The molecule has 0 saturated carbocycles. The number of ketones is 1. The van der Waals surface area contributed by atoms with Gasteiger partial charge >= 0.3 is 5.97 Å². The first-order chi connectivity index (χ1) is 17.0. The number of halogens is 2. The number of aromatic nitrogens is 3. The third kappa shape index (κ3) is 3.52. The van der Waals surface area contributed by atoms with Gasteiger partial charge in [-0.25, -0.2) is 9.18 Å². The van der Waals surface area contributed by atoms with Gasteiger partial charge in [-0.1, -0.05) is 23.7 Å². The largest absolute Gasteiger partial charge is 0.450 e. The fraction of sp³-hybridized carbons (Fsp3) is 0.231. The van der Waals surface area contributed by atoms with Gasteiger partial charge in [0.2, 0.25) is 0 Å². The summed E-state index contributed by atoms with van der Waals surface area (Å²) in [6.45, 7) is 1.68. The number of fused-ring (bicyclic) bond motifs is 3. The van der Waals surface area contributed by atoms with E-state index in [1.807, 2.05) is 4.57 Å². The van der Waals surface area contributed by atoms with Crippen molar-refractivity contribution in [1.29, 1.82) is 0 Å². The van der Waals surface area contributed by atoms with Gasteiger partial charge in [0.05, 0.1) is 35.1 Å². The Labute approximate surface area is 204 Å². The highest BCUT2D eigenvalue weighted by Gasteiger charge is 2.48. The summed E-state index contributed by atoms with van der Waals surface area (Å²) in [5, 5.41) is 4.35. The zero-order chi connectivity index (χ0) is 24.2. The molecule has 2 aromatic heterocycles. The number of carbonyl (C=O) groups excluding carboxylic acids is 2. The van der Waals surface area contributed by atoms with E-state index < -0.39 is 23.2 Å². The molecule has 0 unspecified atom stereocenters. The lowest BCUT2D eigenvalue weighted by molar-refractivity contribution is -0.0242. The molecule has 0 radical (unpaired) electrons. The van der Waals surface area contributed by atoms with Gasteiger partial charge in [0.1, 0.15) is 11.4 Å². The van der Waals surface area contributed by atoms with Crippen molar-refractivity contribution in [2.45, 2.75) is 25.0 Å². The summed E-state index contributed by atoms with van der Waals surface area (Å²) in [6, 6.07) is 7.99. The molecule has 2 aromatic carbocycles. The SMILES string of the molecule is O=C1OC2(CCNCC2)c2ccc(F)c(C(=O)c3cn(Cc4cnccn4)c4cc(Cl)ccc34)c21. The number of hydrogen-bond donors (Lipinski definition) is 1. The van der Waals surface area contributed by atoms with Crippen LogP contribution >= 0.6 is 11.6 Å². The molecule has 1 spiro atoms. The summed E-state index contributed by atoms with van der Waals surface area (Å²) in [5.74, 6) is -1.98. The molecule has 0 amide bonds. The van der Waals surface area contributed by atoms with Crippen LogP contribution in [0.4, 0.5) is 4.39 Å². The second kappa shape index (κ2) is 8.25. The lowest BCUT2D eigenvalue weighted by Gasteiger charge is -2.33. The summed E-state index contributed by atoms with van der Waals surface area (Å²) in [6.07, 6.45) is 7.59. The molecule has 6 rings (SSSR count). The standard InChI is InChI=1S/C26H20ClFN4O3/c27-15-1-2-17-18(14-32(21(17)11-15)13-16-12-30-9-10-31-16)24(33)23-20(28)4-3-19-22(23)25(34)35-26(19)5-7-29-8-6-26/h1-4,9-12,14,29H,5-8,13H2. The number of nitrogens with zero attached hydrogens (tertiary/aromatic N) is 3. The van der Waals surface area contributed by atoms with E-state index >= 15 is 4.39 Å². The van der Waals surface area contributed by atoms with Crippen LogP contribution in [0.1, 0.15) is 50.4 Å². The second-order valence-electron chi connectivity index (χ2n) is 8.84. The molecule has 2 aliphatic heterocycles. The van der Waals surface area contributed by atoms with E-state index in [1.54, 1.807) is 49.1 Å². The van der Waals surface area contributed by atoms with Crippen LogP contribution in [-0.4, -0.2) is 39.4 Å². The Hall–Kier alpha value is -3.62. The average Bonchev–Trinajstić information content (AvgIpc) is 3.34. The molecule has 1 N–H and O–H groups in total. The minimum Gasteiger partial charge on any atom is -0.450 e. The molecule has 2 aliphatic rings. The smallest absolute Gasteiger partial charge is 0.340 e. The van der Waals surface area contributed by atoms with Gasteiger partial charge < -0.3 is 14.6 Å². The van der Waals surface area contributed by atoms with E-state index in [-0.39, 0.29) is 16.7 Å². The summed E-state index contributed by atoms with van der Waals surface area (Å²) < 4.78 is 22.9. The monoisotopic (exact) mass is 490 g/mol. The zero-order valence-corrected chi connectivity index (χ0v) is 19.3. The Morgan fingerprint density at radius 1 is 1.20 bits per heavy atom. The highest BCUT2D eigenvalue weighted by molar-refractivity contribution is 6.31. The van der Waals surface area contributed by atoms with Crippen molar-refractivity contribution in [2.24, 2.45) is 0 Å². The van der Waals surface area contributed by atoms with E-state index in [1.165, 1.54) is 6.07 Å². The minimum atomic E-state index is -0.825. The first-order valence-electron chi connectivity index (χ1n) is 11.3. The predicted octanol–water partition coefficient (Wildman–Crippen LogP) is 4.25. The molecule has 176 valence electrons. The quantitative estimate of drug-likeness (QED) is 0.340. The number of rotatable bonds is 4. The molecule has 7 nitrogen and oxygen atoms in total. The summed E-state index contributed by atoms with van der Waals surface area (Å²) >= 11 is 6.25. The van der Waals surface area contributed by atoms with E-state index in [0.29, 0.717) is 59.7 Å². The zero-order valence-electron chi connectivity index (χ0n) is 18.6. The Balaban J connectivity index is 1.50. The van der Waals surface area contributed by atoms with Gasteiger partial charge in [-0.3, -0.25) is 14.8 Å². The maximum absolute atomic E-state index is 15.2. The molecular weight excluding hydrogens is 471 g/mol. The molecule has 0 atom stereocenters. The van der Waals surface area contributed by atoms with Crippen LogP contribution in [0.15, 0.2) is 55.1 Å². The fourth-order valence-corrected chi connectivity index (χ4v) is 5.34. The van der Waals surface area contributed by atoms with Crippen molar-refractivity contribution in [3.8, 4) is 0 Å². The van der Waals surface area contributed by atoms with Crippen LogP contribution in [0, 0.1) is 5.82 Å². The van der Waals surface area contributed by atoms with Gasteiger partial charge in [-0.2, -0.15) is 0 Å². The van der Waals surface area contributed by atoms with Gasteiger partial charge in [0.15, 0.2) is 5.78 Å². The van der Waals surface area contributed by atoms with Gasteiger partial charge in [0, 0.05) is 53.0 Å². The Bertz CT molecular complexity index is 1500. The van der Waals surface area contributed by atoms with Gasteiger partial charge in [-0.05, 0) is 31.3 Å². The van der Waals surface area contributed by atoms with Gasteiger partial charge in [0.25, 0.3) is 0 Å². The Morgan fingerprint density at radius 2 is 2.03 bits per heavy atom. The summed E-state index contributed by atoms with van der Waals surface area (Å²) in [4.78, 5) is 35.3. The van der Waals surface area contributed by atoms with Crippen molar-refractivity contribution in [3.63, 3.8) is 0 Å². The molecular formula is C26H20ClFN4O3. The minimum absolute atomic E-state index is 0.0284. The Morgan fingerprint density at radius 3 is 2.80 bits per heavy atom. The number of carbonyl (C=O) groups is 2. The second-order valence-corrected chi connectivity index (χ2v) is 9.27. The van der Waals surface area contributed by atoms with E-state index in [9.17, 15) is 9.59 Å². The third-order valence-corrected chi connectivity index (χ3v) is 7.05. The lowest BCUT2D eigenvalue weighted by Crippen LogP contribution is -2.40. The topological polar surface area (TPSA) is 86.1 Å². The highest BCUT2D eigenvalue weighted by atomic mass is 35.5. The first-order valence-corrected chi connectivity index (χ1v) is 11.7. The molecule has 4 heterocycles. The van der Waals surface area contributed by atoms with Crippen LogP contribution < -0.4 is 5.32 Å². The van der Waals surface area contributed by atoms with Crippen molar-refractivity contribution < 1.29 is 18.7 Å². The number of esters is 1. The van der Waals surface area contributed by atoms with Crippen LogP contribution in [0.3, 0.4) is 0 Å². The number of piperidine rings is 1. The van der Waals surface area contributed by atoms with Crippen LogP contribution in [0.2, 0.25) is 5.02 Å². The molecule has 9 heteroatoms. The highest BCUT2D eigenvalue weighted by Crippen LogP contribution is 2.45.